The fourth-order valence-corrected chi connectivity index (χ4v) is 4.15. The molecule has 0 spiro atoms. The van der Waals surface area contributed by atoms with Crippen molar-refractivity contribution in [3.05, 3.63) is 23.8 Å². The Morgan fingerprint density at radius 1 is 1.26 bits per heavy atom. The van der Waals surface area contributed by atoms with E-state index in [0.717, 1.165) is 5.56 Å². The van der Waals surface area contributed by atoms with E-state index in [4.69, 9.17) is 0 Å². The molecule has 19 heavy (non-hydrogen) atoms. The maximum absolute atomic E-state index is 12.5. The molecule has 1 aromatic rings. The van der Waals surface area contributed by atoms with Gasteiger partial charge in [0.05, 0.1) is 11.4 Å². The van der Waals surface area contributed by atoms with Crippen molar-refractivity contribution < 1.29 is 13.5 Å². The van der Waals surface area contributed by atoms with Crippen LogP contribution in [0.15, 0.2) is 18.2 Å². The standard InChI is InChI=1S/C14H23NO3S/c1-6-15(19(17,18)10-14(3,4)5)13-9-12(16)8-7-11(13)2/h7-9,16H,6,10H2,1-5H3. The molecule has 4 nitrogen and oxygen atoms in total. The molecule has 108 valence electrons. The van der Waals surface area contributed by atoms with Crippen molar-refractivity contribution in [2.24, 2.45) is 5.41 Å². The lowest BCUT2D eigenvalue weighted by Crippen LogP contribution is -2.37. The van der Waals surface area contributed by atoms with E-state index in [-0.39, 0.29) is 16.9 Å². The number of phenols is 1. The Labute approximate surface area is 116 Å². The van der Waals surface area contributed by atoms with Crippen LogP contribution in [0.25, 0.3) is 0 Å². The van der Waals surface area contributed by atoms with Crippen LogP contribution >= 0.6 is 0 Å². The first-order valence-corrected chi connectivity index (χ1v) is 7.98. The lowest BCUT2D eigenvalue weighted by atomic mass is 10.0. The van der Waals surface area contributed by atoms with Gasteiger partial charge in [-0.05, 0) is 30.9 Å². The molecule has 0 fully saturated rings. The number of rotatable bonds is 4. The Bertz CT molecular complexity index is 544. The third kappa shape index (κ3) is 4.13. The third-order valence-electron chi connectivity index (χ3n) is 2.70. The lowest BCUT2D eigenvalue weighted by molar-refractivity contribution is 0.460. The molecule has 0 unspecified atom stereocenters. The fourth-order valence-electron chi connectivity index (χ4n) is 2.01. The summed E-state index contributed by atoms with van der Waals surface area (Å²) in [5.41, 5.74) is 1.07. The molecule has 1 aromatic carbocycles. The van der Waals surface area contributed by atoms with Crippen molar-refractivity contribution in [3.8, 4) is 5.75 Å². The molecule has 0 aliphatic heterocycles. The number of nitrogens with zero attached hydrogens (tertiary/aromatic N) is 1. The van der Waals surface area contributed by atoms with Gasteiger partial charge in [-0.3, -0.25) is 4.31 Å². The maximum atomic E-state index is 12.5. The Morgan fingerprint density at radius 3 is 2.32 bits per heavy atom. The van der Waals surface area contributed by atoms with Crippen LogP contribution in [0.4, 0.5) is 5.69 Å². The van der Waals surface area contributed by atoms with Gasteiger partial charge < -0.3 is 5.11 Å². The zero-order valence-corrected chi connectivity index (χ0v) is 13.1. The Balaban J connectivity index is 3.24. The van der Waals surface area contributed by atoms with Crippen molar-refractivity contribution in [2.75, 3.05) is 16.6 Å². The van der Waals surface area contributed by atoms with Crippen LogP contribution in [0.5, 0.6) is 5.75 Å². The van der Waals surface area contributed by atoms with Gasteiger partial charge in [0.1, 0.15) is 5.75 Å². The largest absolute Gasteiger partial charge is 0.508 e. The normalized spacial score (nSPS) is 12.5. The molecule has 0 aliphatic rings. The summed E-state index contributed by atoms with van der Waals surface area (Å²) in [6.07, 6.45) is 0. The van der Waals surface area contributed by atoms with E-state index < -0.39 is 10.0 Å². The highest BCUT2D eigenvalue weighted by Gasteiger charge is 2.28. The topological polar surface area (TPSA) is 57.6 Å². The number of benzene rings is 1. The van der Waals surface area contributed by atoms with Gasteiger partial charge in [-0.2, -0.15) is 0 Å². The van der Waals surface area contributed by atoms with Crippen molar-refractivity contribution in [2.45, 2.75) is 34.6 Å². The van der Waals surface area contributed by atoms with E-state index in [1.165, 1.54) is 10.4 Å². The van der Waals surface area contributed by atoms with Crippen LogP contribution in [0.3, 0.4) is 0 Å². The highest BCUT2D eigenvalue weighted by atomic mass is 32.2. The minimum Gasteiger partial charge on any atom is -0.508 e. The second-order valence-electron chi connectivity index (χ2n) is 5.95. The van der Waals surface area contributed by atoms with Crippen LogP contribution in [-0.2, 0) is 10.0 Å². The Hall–Kier alpha value is -1.23. The zero-order valence-electron chi connectivity index (χ0n) is 12.3. The number of aryl methyl sites for hydroxylation is 1. The molecule has 1 rings (SSSR count). The molecular weight excluding hydrogens is 262 g/mol. The smallest absolute Gasteiger partial charge is 0.235 e. The minimum atomic E-state index is -3.40. The summed E-state index contributed by atoms with van der Waals surface area (Å²) in [6.45, 7) is 9.67. The van der Waals surface area contributed by atoms with Crippen LogP contribution in [0, 0.1) is 12.3 Å². The zero-order chi connectivity index (χ0) is 14.8. The molecule has 0 saturated heterocycles. The van der Waals surface area contributed by atoms with Gasteiger partial charge in [-0.15, -0.1) is 0 Å². The fraction of sp³-hybridized carbons (Fsp3) is 0.571. The van der Waals surface area contributed by atoms with Crippen molar-refractivity contribution in [1.29, 1.82) is 0 Å². The van der Waals surface area contributed by atoms with Gasteiger partial charge in [-0.1, -0.05) is 26.8 Å². The van der Waals surface area contributed by atoms with Gasteiger partial charge in [0.25, 0.3) is 0 Å². The first kappa shape index (κ1) is 15.8. The first-order chi connectivity index (χ1) is 8.57. The van der Waals surface area contributed by atoms with Gasteiger partial charge in [0.2, 0.25) is 10.0 Å². The predicted octanol–water partition coefficient (Wildman–Crippen LogP) is 2.90. The van der Waals surface area contributed by atoms with Crippen LogP contribution in [0.2, 0.25) is 0 Å². The Kier molecular flexibility index (Phi) is 4.50. The van der Waals surface area contributed by atoms with Crippen LogP contribution in [-0.4, -0.2) is 25.8 Å². The number of sulfonamides is 1. The monoisotopic (exact) mass is 285 g/mol. The quantitative estimate of drug-likeness (QED) is 0.925. The van der Waals surface area contributed by atoms with E-state index in [0.29, 0.717) is 12.2 Å². The summed E-state index contributed by atoms with van der Waals surface area (Å²) >= 11 is 0. The van der Waals surface area contributed by atoms with E-state index in [2.05, 4.69) is 0 Å². The highest BCUT2D eigenvalue weighted by Crippen LogP contribution is 2.29. The Morgan fingerprint density at radius 2 is 1.84 bits per heavy atom. The number of hydrogen-bond acceptors (Lipinski definition) is 3. The van der Waals surface area contributed by atoms with Crippen molar-refractivity contribution in [1.82, 2.24) is 0 Å². The second-order valence-corrected chi connectivity index (χ2v) is 7.85. The van der Waals surface area contributed by atoms with Gasteiger partial charge in [-0.25, -0.2) is 8.42 Å². The summed E-state index contributed by atoms with van der Waals surface area (Å²) in [6, 6.07) is 4.78. The molecule has 0 radical (unpaired) electrons. The van der Waals surface area contributed by atoms with Gasteiger partial charge in [0, 0.05) is 12.6 Å². The summed E-state index contributed by atoms with van der Waals surface area (Å²) in [5, 5.41) is 9.56. The van der Waals surface area contributed by atoms with Crippen LogP contribution in [0.1, 0.15) is 33.3 Å². The van der Waals surface area contributed by atoms with E-state index in [1.807, 2.05) is 27.7 Å². The van der Waals surface area contributed by atoms with Crippen molar-refractivity contribution >= 4 is 15.7 Å². The molecule has 0 atom stereocenters. The molecule has 0 aromatic heterocycles. The minimum absolute atomic E-state index is 0.0724. The van der Waals surface area contributed by atoms with Crippen LogP contribution < -0.4 is 4.31 Å². The van der Waals surface area contributed by atoms with E-state index in [9.17, 15) is 13.5 Å². The van der Waals surface area contributed by atoms with Gasteiger partial charge >= 0.3 is 0 Å². The average molecular weight is 285 g/mol. The summed E-state index contributed by atoms with van der Waals surface area (Å²) in [7, 11) is -3.40. The average Bonchev–Trinajstić information content (AvgIpc) is 2.20. The lowest BCUT2D eigenvalue weighted by Gasteiger charge is -2.28. The molecule has 0 aliphatic carbocycles. The predicted molar refractivity (Wildman–Crippen MR) is 79.1 cm³/mol. The first-order valence-electron chi connectivity index (χ1n) is 6.37. The summed E-state index contributed by atoms with van der Waals surface area (Å²) in [5.74, 6) is 0.146. The highest BCUT2D eigenvalue weighted by molar-refractivity contribution is 7.92. The molecule has 5 heteroatoms. The van der Waals surface area contributed by atoms with Gasteiger partial charge in [0.15, 0.2) is 0 Å². The molecule has 0 saturated carbocycles. The number of anilines is 1. The molecular formula is C14H23NO3S. The van der Waals surface area contributed by atoms with E-state index in [1.54, 1.807) is 19.1 Å². The van der Waals surface area contributed by atoms with Crippen molar-refractivity contribution in [3.63, 3.8) is 0 Å². The maximum Gasteiger partial charge on any atom is 0.235 e. The SMILES string of the molecule is CCN(c1cc(O)ccc1C)S(=O)(=O)CC(C)(C)C. The summed E-state index contributed by atoms with van der Waals surface area (Å²) in [4.78, 5) is 0. The number of aromatic hydroxyl groups is 1. The molecule has 1 N–H and O–H groups in total. The molecule has 0 bridgehead atoms. The summed E-state index contributed by atoms with van der Waals surface area (Å²) < 4.78 is 26.3. The van der Waals surface area contributed by atoms with E-state index >= 15 is 0 Å². The second kappa shape index (κ2) is 5.41. The number of phenolic OH excluding ortho intramolecular Hbond substituents is 1. The molecule has 0 heterocycles. The number of hydrogen-bond donors (Lipinski definition) is 1. The molecule has 0 amide bonds. The third-order valence-corrected chi connectivity index (χ3v) is 5.06.